The van der Waals surface area contributed by atoms with Crippen LogP contribution in [0.15, 0.2) is 0 Å². The summed E-state index contributed by atoms with van der Waals surface area (Å²) in [5.41, 5.74) is 3.24. The van der Waals surface area contributed by atoms with Crippen LogP contribution < -0.4 is 0 Å². The van der Waals surface area contributed by atoms with Gasteiger partial charge in [0.15, 0.2) is 0 Å². The van der Waals surface area contributed by atoms with Crippen molar-refractivity contribution in [1.82, 2.24) is 14.7 Å². The Morgan fingerprint density at radius 3 is 2.64 bits per heavy atom. The first-order valence-corrected chi connectivity index (χ1v) is 8.77. The molecule has 2 heterocycles. The van der Waals surface area contributed by atoms with E-state index in [9.17, 15) is 4.79 Å². The van der Waals surface area contributed by atoms with E-state index >= 15 is 0 Å². The Balaban J connectivity index is 1.78. The number of amides is 1. The number of hydrogen-bond acceptors (Lipinski definition) is 2. The molecule has 4 heteroatoms. The Kier molecular flexibility index (Phi) is 4.28. The van der Waals surface area contributed by atoms with Crippen molar-refractivity contribution in [3.8, 4) is 0 Å². The van der Waals surface area contributed by atoms with Gasteiger partial charge in [-0.05, 0) is 51.4 Å². The Morgan fingerprint density at radius 2 is 1.95 bits per heavy atom. The number of rotatable bonds is 2. The Hall–Kier alpha value is -1.32. The normalized spacial score (nSPS) is 28.5. The molecule has 2 aliphatic rings. The molecule has 1 saturated carbocycles. The third kappa shape index (κ3) is 2.68. The summed E-state index contributed by atoms with van der Waals surface area (Å²) in [7, 11) is 1.95. The Morgan fingerprint density at radius 1 is 1.23 bits per heavy atom. The molecule has 0 bridgehead atoms. The van der Waals surface area contributed by atoms with E-state index in [-0.39, 0.29) is 0 Å². The first-order chi connectivity index (χ1) is 10.5. The zero-order valence-corrected chi connectivity index (χ0v) is 14.4. The maximum absolute atomic E-state index is 13.0. The van der Waals surface area contributed by atoms with E-state index in [0.29, 0.717) is 24.3 Å². The highest BCUT2D eigenvalue weighted by atomic mass is 16.2. The molecule has 0 N–H and O–H groups in total. The van der Waals surface area contributed by atoms with E-state index in [4.69, 9.17) is 0 Å². The summed E-state index contributed by atoms with van der Waals surface area (Å²) in [4.78, 5) is 15.2. The number of aryl methyl sites for hydroxylation is 2. The second-order valence-corrected chi connectivity index (χ2v) is 7.34. The minimum Gasteiger partial charge on any atom is -0.339 e. The summed E-state index contributed by atoms with van der Waals surface area (Å²) in [5, 5.41) is 4.45. The summed E-state index contributed by atoms with van der Waals surface area (Å²) < 4.78 is 1.89. The highest BCUT2D eigenvalue weighted by Crippen LogP contribution is 2.38. The van der Waals surface area contributed by atoms with Crippen LogP contribution in [0, 0.1) is 25.7 Å². The van der Waals surface area contributed by atoms with Crippen molar-refractivity contribution in [3.05, 3.63) is 17.0 Å². The minimum atomic E-state index is 0.308. The fourth-order valence-electron chi connectivity index (χ4n) is 4.67. The number of carbonyl (C=O) groups excluding carboxylic acids is 1. The number of nitrogens with zero attached hydrogens (tertiary/aromatic N) is 3. The van der Waals surface area contributed by atoms with Gasteiger partial charge in [0.25, 0.3) is 0 Å². The Bertz CT molecular complexity index is 561. The van der Waals surface area contributed by atoms with E-state index < -0.39 is 0 Å². The number of likely N-dealkylation sites (tertiary alicyclic amines) is 1. The summed E-state index contributed by atoms with van der Waals surface area (Å²) in [6.45, 7) is 7.36. The van der Waals surface area contributed by atoms with Gasteiger partial charge in [-0.1, -0.05) is 13.3 Å². The van der Waals surface area contributed by atoms with Gasteiger partial charge < -0.3 is 4.90 Å². The zero-order valence-electron chi connectivity index (χ0n) is 14.4. The molecule has 0 unspecified atom stereocenters. The predicted octanol–water partition coefficient (Wildman–Crippen LogP) is 3.01. The largest absolute Gasteiger partial charge is 0.339 e. The molecule has 1 aliphatic carbocycles. The van der Waals surface area contributed by atoms with Crippen molar-refractivity contribution in [2.75, 3.05) is 6.54 Å². The van der Waals surface area contributed by atoms with Crippen molar-refractivity contribution >= 4 is 5.91 Å². The minimum absolute atomic E-state index is 0.308. The van der Waals surface area contributed by atoms with Crippen LogP contribution in [0.4, 0.5) is 0 Å². The number of piperidine rings is 1. The van der Waals surface area contributed by atoms with Crippen molar-refractivity contribution in [2.24, 2.45) is 18.9 Å². The lowest BCUT2D eigenvalue weighted by atomic mass is 9.73. The van der Waals surface area contributed by atoms with Crippen LogP contribution in [0.5, 0.6) is 0 Å². The van der Waals surface area contributed by atoms with Gasteiger partial charge in [0.1, 0.15) is 0 Å². The van der Waals surface area contributed by atoms with Gasteiger partial charge in [-0.15, -0.1) is 0 Å². The highest BCUT2D eigenvalue weighted by Gasteiger charge is 2.39. The van der Waals surface area contributed by atoms with Crippen molar-refractivity contribution in [3.63, 3.8) is 0 Å². The standard InChI is InChI=1S/C18H29N3O/c1-12-7-5-8-15-9-6-10-21(18(12)15)17(22)11-16-13(2)19-20(4)14(16)3/h12,15,18H,5-11H2,1-4H3/t12-,15-,18+/m0/s1. The van der Waals surface area contributed by atoms with Crippen LogP contribution in [0.1, 0.15) is 56.0 Å². The summed E-state index contributed by atoms with van der Waals surface area (Å²) in [6, 6.07) is 0.479. The van der Waals surface area contributed by atoms with Gasteiger partial charge in [0, 0.05) is 30.9 Å². The molecule has 122 valence electrons. The molecule has 0 aromatic carbocycles. The van der Waals surface area contributed by atoms with Gasteiger partial charge in [-0.25, -0.2) is 0 Å². The van der Waals surface area contributed by atoms with Crippen LogP contribution in [0.3, 0.4) is 0 Å². The van der Waals surface area contributed by atoms with Crippen molar-refractivity contribution in [1.29, 1.82) is 0 Å². The molecule has 0 spiro atoms. The smallest absolute Gasteiger partial charge is 0.227 e. The average molecular weight is 303 g/mol. The lowest BCUT2D eigenvalue weighted by molar-refractivity contribution is -0.138. The summed E-state index contributed by atoms with van der Waals surface area (Å²) in [6.07, 6.45) is 6.92. The van der Waals surface area contributed by atoms with Crippen LogP contribution in [-0.4, -0.2) is 33.2 Å². The zero-order chi connectivity index (χ0) is 15.9. The van der Waals surface area contributed by atoms with Crippen LogP contribution in [-0.2, 0) is 18.3 Å². The maximum atomic E-state index is 13.0. The fourth-order valence-corrected chi connectivity index (χ4v) is 4.67. The van der Waals surface area contributed by atoms with Gasteiger partial charge in [0.05, 0.1) is 12.1 Å². The molecule has 1 aliphatic heterocycles. The summed E-state index contributed by atoms with van der Waals surface area (Å²) >= 11 is 0. The highest BCUT2D eigenvalue weighted by molar-refractivity contribution is 5.79. The molecule has 2 fully saturated rings. The van der Waals surface area contributed by atoms with E-state index in [1.54, 1.807) is 0 Å². The van der Waals surface area contributed by atoms with E-state index in [1.165, 1.54) is 32.1 Å². The fraction of sp³-hybridized carbons (Fsp3) is 0.778. The van der Waals surface area contributed by atoms with Crippen molar-refractivity contribution in [2.45, 2.75) is 65.3 Å². The predicted molar refractivity (Wildman–Crippen MR) is 87.6 cm³/mol. The molecule has 1 aromatic rings. The maximum Gasteiger partial charge on any atom is 0.227 e. The monoisotopic (exact) mass is 303 g/mol. The molecule has 4 nitrogen and oxygen atoms in total. The van der Waals surface area contributed by atoms with Crippen LogP contribution in [0.2, 0.25) is 0 Å². The molecule has 0 radical (unpaired) electrons. The third-order valence-corrected chi connectivity index (χ3v) is 5.94. The third-order valence-electron chi connectivity index (χ3n) is 5.94. The molecular formula is C18H29N3O. The second-order valence-electron chi connectivity index (χ2n) is 7.34. The van der Waals surface area contributed by atoms with Crippen LogP contribution in [0.25, 0.3) is 0 Å². The molecule has 3 atom stereocenters. The quantitative estimate of drug-likeness (QED) is 0.842. The van der Waals surface area contributed by atoms with Gasteiger partial charge in [-0.3, -0.25) is 9.48 Å². The van der Waals surface area contributed by atoms with E-state index in [1.807, 2.05) is 18.7 Å². The lowest BCUT2D eigenvalue weighted by Crippen LogP contribution is -2.53. The SMILES string of the molecule is Cc1nn(C)c(C)c1CC(=O)N1CCC[C@@H]2CCC[C@H](C)[C@H]21. The molecule has 22 heavy (non-hydrogen) atoms. The van der Waals surface area contributed by atoms with Gasteiger partial charge >= 0.3 is 0 Å². The van der Waals surface area contributed by atoms with E-state index in [2.05, 4.69) is 23.8 Å². The number of aromatic nitrogens is 2. The first kappa shape index (κ1) is 15.6. The average Bonchev–Trinajstić information content (AvgIpc) is 2.73. The number of hydrogen-bond donors (Lipinski definition) is 0. The molecule has 1 amide bonds. The first-order valence-electron chi connectivity index (χ1n) is 8.77. The second kappa shape index (κ2) is 6.05. The topological polar surface area (TPSA) is 38.1 Å². The number of carbonyl (C=O) groups is 1. The molecule has 3 rings (SSSR count). The van der Waals surface area contributed by atoms with Crippen molar-refractivity contribution < 1.29 is 4.79 Å². The van der Waals surface area contributed by atoms with E-state index in [0.717, 1.165) is 29.4 Å². The van der Waals surface area contributed by atoms with Crippen LogP contribution >= 0.6 is 0 Å². The van der Waals surface area contributed by atoms with Gasteiger partial charge in [0.2, 0.25) is 5.91 Å². The Labute approximate surface area is 133 Å². The molecule has 1 saturated heterocycles. The summed E-state index contributed by atoms with van der Waals surface area (Å²) in [5.74, 6) is 1.69. The molecular weight excluding hydrogens is 274 g/mol. The molecule has 1 aromatic heterocycles. The van der Waals surface area contributed by atoms with Gasteiger partial charge in [-0.2, -0.15) is 5.10 Å². The number of fused-ring (bicyclic) bond motifs is 1. The lowest BCUT2D eigenvalue weighted by Gasteiger charge is -2.47.